The SMILES string of the molecule is CC(NC(=O)c1ccc(Cl)c(NS(=O)(=O)c2ccc(F)cc2)c1)c1cccnc1. The van der Waals surface area contributed by atoms with Gasteiger partial charge in [-0.3, -0.25) is 14.5 Å². The minimum atomic E-state index is -4.00. The predicted octanol–water partition coefficient (Wildman–Crippen LogP) is 4.17. The number of carbonyl (C=O) groups is 1. The number of nitrogens with one attached hydrogen (secondary N) is 2. The number of benzene rings is 2. The van der Waals surface area contributed by atoms with E-state index in [1.54, 1.807) is 18.5 Å². The molecule has 2 aromatic carbocycles. The largest absolute Gasteiger partial charge is 0.345 e. The van der Waals surface area contributed by atoms with Crippen molar-refractivity contribution < 1.29 is 17.6 Å². The third-order valence-corrected chi connectivity index (χ3v) is 5.84. The molecule has 0 radical (unpaired) electrons. The van der Waals surface area contributed by atoms with Crippen molar-refractivity contribution in [2.75, 3.05) is 4.72 Å². The van der Waals surface area contributed by atoms with Crippen LogP contribution in [0.2, 0.25) is 5.02 Å². The lowest BCUT2D eigenvalue weighted by Gasteiger charge is -2.15. The van der Waals surface area contributed by atoms with Gasteiger partial charge in [0.05, 0.1) is 21.6 Å². The van der Waals surface area contributed by atoms with Crippen molar-refractivity contribution >= 4 is 33.2 Å². The molecule has 29 heavy (non-hydrogen) atoms. The Morgan fingerprint density at radius 2 is 1.86 bits per heavy atom. The molecule has 0 saturated heterocycles. The summed E-state index contributed by atoms with van der Waals surface area (Å²) in [5.74, 6) is -0.955. The zero-order chi connectivity index (χ0) is 21.0. The van der Waals surface area contributed by atoms with E-state index in [9.17, 15) is 17.6 Å². The minimum Gasteiger partial charge on any atom is -0.345 e. The van der Waals surface area contributed by atoms with Crippen molar-refractivity contribution in [1.82, 2.24) is 10.3 Å². The molecule has 1 aromatic heterocycles. The number of halogens is 2. The molecule has 2 N–H and O–H groups in total. The Morgan fingerprint density at radius 1 is 1.14 bits per heavy atom. The third-order valence-electron chi connectivity index (χ3n) is 4.13. The molecule has 150 valence electrons. The van der Waals surface area contributed by atoms with Crippen LogP contribution in [0, 0.1) is 5.82 Å². The summed E-state index contributed by atoms with van der Waals surface area (Å²) in [4.78, 5) is 16.5. The van der Waals surface area contributed by atoms with Gasteiger partial charge in [-0.15, -0.1) is 0 Å². The third kappa shape index (κ3) is 5.10. The lowest BCUT2D eigenvalue weighted by molar-refractivity contribution is 0.0940. The molecule has 0 aliphatic rings. The first kappa shape index (κ1) is 20.8. The van der Waals surface area contributed by atoms with Crippen LogP contribution < -0.4 is 10.0 Å². The molecule has 3 aromatic rings. The summed E-state index contributed by atoms with van der Waals surface area (Å²) in [5, 5.41) is 2.94. The van der Waals surface area contributed by atoms with E-state index in [4.69, 9.17) is 11.6 Å². The Bertz CT molecular complexity index is 1120. The number of sulfonamides is 1. The van der Waals surface area contributed by atoms with Crippen LogP contribution in [-0.4, -0.2) is 19.3 Å². The Balaban J connectivity index is 1.80. The molecular formula is C20H17ClFN3O3S. The monoisotopic (exact) mass is 433 g/mol. The molecule has 3 rings (SSSR count). The second-order valence-corrected chi connectivity index (χ2v) is 8.33. The molecule has 0 aliphatic heterocycles. The molecule has 0 saturated carbocycles. The zero-order valence-electron chi connectivity index (χ0n) is 15.3. The molecular weight excluding hydrogens is 417 g/mol. The first-order valence-corrected chi connectivity index (χ1v) is 10.4. The molecule has 0 aliphatic carbocycles. The second-order valence-electron chi connectivity index (χ2n) is 6.24. The van der Waals surface area contributed by atoms with Gasteiger partial charge in [-0.05, 0) is 61.0 Å². The van der Waals surface area contributed by atoms with Crippen molar-refractivity contribution in [2.24, 2.45) is 0 Å². The quantitative estimate of drug-likeness (QED) is 0.610. The molecule has 0 bridgehead atoms. The first-order chi connectivity index (χ1) is 13.8. The van der Waals surface area contributed by atoms with E-state index in [-0.39, 0.29) is 27.2 Å². The van der Waals surface area contributed by atoms with Gasteiger partial charge in [-0.25, -0.2) is 12.8 Å². The maximum absolute atomic E-state index is 13.0. The number of hydrogen-bond acceptors (Lipinski definition) is 4. The van der Waals surface area contributed by atoms with Crippen LogP contribution in [0.1, 0.15) is 28.9 Å². The predicted molar refractivity (Wildman–Crippen MR) is 109 cm³/mol. The number of aromatic nitrogens is 1. The van der Waals surface area contributed by atoms with Crippen LogP contribution in [-0.2, 0) is 10.0 Å². The average Bonchev–Trinajstić information content (AvgIpc) is 2.70. The smallest absolute Gasteiger partial charge is 0.261 e. The van der Waals surface area contributed by atoms with E-state index in [1.807, 2.05) is 13.0 Å². The van der Waals surface area contributed by atoms with Gasteiger partial charge in [0, 0.05) is 18.0 Å². The number of carbonyl (C=O) groups excluding carboxylic acids is 1. The van der Waals surface area contributed by atoms with Crippen LogP contribution in [0.5, 0.6) is 0 Å². The summed E-state index contributed by atoms with van der Waals surface area (Å²) in [6.07, 6.45) is 3.28. The lowest BCUT2D eigenvalue weighted by Crippen LogP contribution is -2.26. The van der Waals surface area contributed by atoms with Gasteiger partial charge in [0.1, 0.15) is 5.82 Å². The fourth-order valence-electron chi connectivity index (χ4n) is 2.56. The highest BCUT2D eigenvalue weighted by atomic mass is 35.5. The first-order valence-electron chi connectivity index (χ1n) is 8.55. The maximum Gasteiger partial charge on any atom is 0.261 e. The van der Waals surface area contributed by atoms with Gasteiger partial charge >= 0.3 is 0 Å². The number of hydrogen-bond donors (Lipinski definition) is 2. The highest BCUT2D eigenvalue weighted by Gasteiger charge is 2.18. The van der Waals surface area contributed by atoms with E-state index in [0.717, 1.165) is 29.8 Å². The molecule has 1 unspecified atom stereocenters. The number of rotatable bonds is 6. The summed E-state index contributed by atoms with van der Waals surface area (Å²) in [5.41, 5.74) is 1.09. The Morgan fingerprint density at radius 3 is 2.52 bits per heavy atom. The topological polar surface area (TPSA) is 88.2 Å². The van der Waals surface area contributed by atoms with Crippen molar-refractivity contribution in [3.63, 3.8) is 0 Å². The molecule has 1 atom stereocenters. The van der Waals surface area contributed by atoms with Crippen molar-refractivity contribution in [1.29, 1.82) is 0 Å². The van der Waals surface area contributed by atoms with E-state index in [0.29, 0.717) is 0 Å². The second kappa shape index (κ2) is 8.59. The van der Waals surface area contributed by atoms with Crippen LogP contribution in [0.3, 0.4) is 0 Å². The van der Waals surface area contributed by atoms with Crippen LogP contribution in [0.15, 0.2) is 71.9 Å². The standard InChI is InChI=1S/C20H17ClFN3O3S/c1-13(15-3-2-10-23-12-15)24-20(26)14-4-9-18(21)19(11-14)25-29(27,28)17-7-5-16(22)6-8-17/h2-13,25H,1H3,(H,24,26). The van der Waals surface area contributed by atoms with Crippen LogP contribution in [0.25, 0.3) is 0 Å². The summed E-state index contributed by atoms with van der Waals surface area (Å²) < 4.78 is 40.4. The lowest BCUT2D eigenvalue weighted by atomic mass is 10.1. The average molecular weight is 434 g/mol. The number of nitrogens with zero attached hydrogens (tertiary/aromatic N) is 1. The van der Waals surface area contributed by atoms with E-state index >= 15 is 0 Å². The molecule has 1 heterocycles. The summed E-state index contributed by atoms with van der Waals surface area (Å²) in [7, 11) is -4.00. The van der Waals surface area contributed by atoms with Gasteiger partial charge in [0.2, 0.25) is 0 Å². The maximum atomic E-state index is 13.0. The van der Waals surface area contributed by atoms with Gasteiger partial charge in [-0.1, -0.05) is 17.7 Å². The summed E-state index contributed by atoms with van der Waals surface area (Å²) in [6, 6.07) is 11.9. The van der Waals surface area contributed by atoms with E-state index in [1.165, 1.54) is 18.2 Å². The zero-order valence-corrected chi connectivity index (χ0v) is 16.8. The number of pyridine rings is 1. The van der Waals surface area contributed by atoms with Gasteiger partial charge in [0.25, 0.3) is 15.9 Å². The number of amides is 1. The van der Waals surface area contributed by atoms with Gasteiger partial charge < -0.3 is 5.32 Å². The van der Waals surface area contributed by atoms with E-state index in [2.05, 4.69) is 15.0 Å². The molecule has 6 nitrogen and oxygen atoms in total. The van der Waals surface area contributed by atoms with E-state index < -0.39 is 21.7 Å². The fraction of sp³-hybridized carbons (Fsp3) is 0.100. The molecule has 0 fully saturated rings. The van der Waals surface area contributed by atoms with Crippen molar-refractivity contribution in [2.45, 2.75) is 17.9 Å². The van der Waals surface area contributed by atoms with Crippen LogP contribution >= 0.6 is 11.6 Å². The Labute approximate surface area is 172 Å². The van der Waals surface area contributed by atoms with Crippen LogP contribution in [0.4, 0.5) is 10.1 Å². The Kier molecular flexibility index (Phi) is 6.14. The van der Waals surface area contributed by atoms with Gasteiger partial charge in [0.15, 0.2) is 0 Å². The fourth-order valence-corrected chi connectivity index (χ4v) is 3.85. The highest BCUT2D eigenvalue weighted by molar-refractivity contribution is 7.92. The molecule has 1 amide bonds. The van der Waals surface area contributed by atoms with Crippen molar-refractivity contribution in [3.8, 4) is 0 Å². The summed E-state index contributed by atoms with van der Waals surface area (Å²) >= 11 is 6.09. The minimum absolute atomic E-state index is 0.0395. The highest BCUT2D eigenvalue weighted by Crippen LogP contribution is 2.26. The van der Waals surface area contributed by atoms with Gasteiger partial charge in [-0.2, -0.15) is 0 Å². The summed E-state index contributed by atoms with van der Waals surface area (Å²) in [6.45, 7) is 1.81. The molecule has 9 heteroatoms. The Hall–Kier alpha value is -2.97. The normalized spacial score (nSPS) is 12.2. The number of anilines is 1. The van der Waals surface area contributed by atoms with Crippen molar-refractivity contribution in [3.05, 3.63) is 89.0 Å². The molecule has 0 spiro atoms.